The summed E-state index contributed by atoms with van der Waals surface area (Å²) in [7, 11) is -3.76. The monoisotopic (exact) mass is 351 g/mol. The van der Waals surface area contributed by atoms with Crippen LogP contribution in [-0.2, 0) is 14.8 Å². The molecule has 120 valence electrons. The summed E-state index contributed by atoms with van der Waals surface area (Å²) < 4.78 is 32.7. The summed E-state index contributed by atoms with van der Waals surface area (Å²) in [4.78, 5) is 0.155. The number of aryl methyl sites for hydroxylation is 1. The molecule has 8 heteroatoms. The molecular formula is C15H14ClN3O3S. The number of halogens is 1. The van der Waals surface area contributed by atoms with Gasteiger partial charge in [0.2, 0.25) is 0 Å². The van der Waals surface area contributed by atoms with Gasteiger partial charge in [-0.15, -0.1) is 10.2 Å². The lowest BCUT2D eigenvalue weighted by Crippen LogP contribution is -2.16. The van der Waals surface area contributed by atoms with E-state index in [1.165, 1.54) is 0 Å². The van der Waals surface area contributed by atoms with Gasteiger partial charge in [0.15, 0.2) is 11.0 Å². The number of nitrogens with one attached hydrogen (secondary N) is 1. The number of benzene rings is 1. The molecule has 0 unspecified atom stereocenters. The SMILES string of the molecule is Cc1ccc(S(=O)(=O)Nc2nnc(Cl)cc2C2=CCOC2)cc1. The van der Waals surface area contributed by atoms with Crippen LogP contribution in [0.25, 0.3) is 5.57 Å². The molecule has 0 atom stereocenters. The first-order chi connectivity index (χ1) is 11.0. The molecule has 0 fully saturated rings. The fraction of sp³-hybridized carbons (Fsp3) is 0.200. The van der Waals surface area contributed by atoms with Crippen molar-refractivity contribution in [2.24, 2.45) is 0 Å². The molecule has 1 aromatic carbocycles. The van der Waals surface area contributed by atoms with Gasteiger partial charge in [-0.3, -0.25) is 4.72 Å². The van der Waals surface area contributed by atoms with E-state index in [2.05, 4.69) is 14.9 Å². The number of nitrogens with zero attached hydrogens (tertiary/aromatic N) is 2. The van der Waals surface area contributed by atoms with E-state index in [-0.39, 0.29) is 15.9 Å². The zero-order chi connectivity index (χ0) is 16.4. The first kappa shape index (κ1) is 15.9. The summed E-state index contributed by atoms with van der Waals surface area (Å²) in [5.41, 5.74) is 2.37. The Morgan fingerprint density at radius 1 is 1.22 bits per heavy atom. The minimum absolute atomic E-state index is 0.131. The Labute approximate surface area is 139 Å². The number of aromatic nitrogens is 2. The van der Waals surface area contributed by atoms with E-state index in [9.17, 15) is 8.42 Å². The fourth-order valence-electron chi connectivity index (χ4n) is 2.17. The van der Waals surface area contributed by atoms with Crippen molar-refractivity contribution in [3.8, 4) is 0 Å². The molecule has 3 rings (SSSR count). The summed E-state index contributed by atoms with van der Waals surface area (Å²) in [6, 6.07) is 8.12. The van der Waals surface area contributed by atoms with E-state index in [1.807, 2.05) is 13.0 Å². The zero-order valence-corrected chi connectivity index (χ0v) is 13.9. The van der Waals surface area contributed by atoms with Crippen LogP contribution in [0.3, 0.4) is 0 Å². The summed E-state index contributed by atoms with van der Waals surface area (Å²) in [5, 5.41) is 7.79. The Morgan fingerprint density at radius 2 is 1.96 bits per heavy atom. The highest BCUT2D eigenvalue weighted by Gasteiger charge is 2.20. The Bertz CT molecular complexity index is 864. The normalized spacial score (nSPS) is 14.6. The minimum Gasteiger partial charge on any atom is -0.373 e. The third-order valence-corrected chi connectivity index (χ3v) is 4.92. The van der Waals surface area contributed by atoms with Gasteiger partial charge >= 0.3 is 0 Å². The molecule has 2 heterocycles. The van der Waals surface area contributed by atoms with Crippen molar-refractivity contribution in [3.63, 3.8) is 0 Å². The van der Waals surface area contributed by atoms with Gasteiger partial charge in [0, 0.05) is 5.56 Å². The lowest BCUT2D eigenvalue weighted by atomic mass is 10.1. The molecule has 1 aliphatic heterocycles. The van der Waals surface area contributed by atoms with Gasteiger partial charge < -0.3 is 4.74 Å². The minimum atomic E-state index is -3.76. The maximum absolute atomic E-state index is 12.5. The predicted octanol–water partition coefficient (Wildman–Crippen LogP) is 2.65. The van der Waals surface area contributed by atoms with Crippen LogP contribution in [-0.4, -0.2) is 31.8 Å². The smallest absolute Gasteiger partial charge is 0.263 e. The predicted molar refractivity (Wildman–Crippen MR) is 87.8 cm³/mol. The maximum Gasteiger partial charge on any atom is 0.263 e. The van der Waals surface area contributed by atoms with Gasteiger partial charge in [-0.2, -0.15) is 0 Å². The van der Waals surface area contributed by atoms with Gasteiger partial charge in [-0.05, 0) is 30.7 Å². The third-order valence-electron chi connectivity index (χ3n) is 3.38. The van der Waals surface area contributed by atoms with E-state index in [1.54, 1.807) is 30.3 Å². The molecule has 0 saturated heterocycles. The lowest BCUT2D eigenvalue weighted by Gasteiger charge is -2.12. The van der Waals surface area contributed by atoms with Gasteiger partial charge in [-0.1, -0.05) is 35.4 Å². The van der Waals surface area contributed by atoms with Crippen molar-refractivity contribution in [1.29, 1.82) is 0 Å². The molecule has 23 heavy (non-hydrogen) atoms. The van der Waals surface area contributed by atoms with Gasteiger partial charge in [0.25, 0.3) is 10.0 Å². The largest absolute Gasteiger partial charge is 0.373 e. The molecule has 0 aliphatic carbocycles. The standard InChI is InChI=1S/C15H14ClN3O3S/c1-10-2-4-12(5-3-10)23(20,21)19-15-13(8-14(16)17-18-15)11-6-7-22-9-11/h2-6,8H,7,9H2,1H3,(H,18,19). The molecule has 1 N–H and O–H groups in total. The highest BCUT2D eigenvalue weighted by atomic mass is 35.5. The van der Waals surface area contributed by atoms with E-state index >= 15 is 0 Å². The van der Waals surface area contributed by atoms with E-state index in [0.29, 0.717) is 18.8 Å². The average molecular weight is 352 g/mol. The molecule has 1 aromatic heterocycles. The molecule has 0 radical (unpaired) electrons. The quantitative estimate of drug-likeness (QED) is 0.915. The number of ether oxygens (including phenoxy) is 1. The highest BCUT2D eigenvalue weighted by molar-refractivity contribution is 7.92. The van der Waals surface area contributed by atoms with Crippen molar-refractivity contribution in [3.05, 3.63) is 52.7 Å². The first-order valence-corrected chi connectivity index (χ1v) is 8.72. The second-order valence-corrected chi connectivity index (χ2v) is 7.16. The molecule has 6 nitrogen and oxygen atoms in total. The highest BCUT2D eigenvalue weighted by Crippen LogP contribution is 2.28. The van der Waals surface area contributed by atoms with Crippen LogP contribution in [0.5, 0.6) is 0 Å². The Morgan fingerprint density at radius 3 is 2.61 bits per heavy atom. The van der Waals surface area contributed by atoms with Gasteiger partial charge in [0.05, 0.1) is 18.1 Å². The number of anilines is 1. The van der Waals surface area contributed by atoms with Crippen LogP contribution >= 0.6 is 11.6 Å². The summed E-state index contributed by atoms with van der Waals surface area (Å²) in [6.45, 7) is 2.74. The van der Waals surface area contributed by atoms with Gasteiger partial charge in [-0.25, -0.2) is 8.42 Å². The fourth-order valence-corrected chi connectivity index (χ4v) is 3.33. The first-order valence-electron chi connectivity index (χ1n) is 6.85. The Kier molecular flexibility index (Phi) is 4.34. The van der Waals surface area contributed by atoms with Crippen molar-refractivity contribution >= 4 is 33.0 Å². The molecule has 0 spiro atoms. The molecule has 0 bridgehead atoms. The number of hydrogen-bond donors (Lipinski definition) is 1. The third kappa shape index (κ3) is 3.52. The van der Waals surface area contributed by atoms with Crippen LogP contribution < -0.4 is 4.72 Å². The second kappa shape index (κ2) is 6.27. The Hall–Kier alpha value is -1.96. The summed E-state index contributed by atoms with van der Waals surface area (Å²) in [6.07, 6.45) is 1.86. The average Bonchev–Trinajstić information content (AvgIpc) is 3.03. The molecule has 0 amide bonds. The molecule has 0 saturated carbocycles. The van der Waals surface area contributed by atoms with E-state index in [4.69, 9.17) is 16.3 Å². The van der Waals surface area contributed by atoms with Crippen LogP contribution in [0.4, 0.5) is 5.82 Å². The molecule has 2 aromatic rings. The van der Waals surface area contributed by atoms with Crippen LogP contribution in [0.2, 0.25) is 5.15 Å². The topological polar surface area (TPSA) is 81.2 Å². The lowest BCUT2D eigenvalue weighted by molar-refractivity contribution is 0.216. The van der Waals surface area contributed by atoms with Crippen LogP contribution in [0.1, 0.15) is 11.1 Å². The van der Waals surface area contributed by atoms with Crippen LogP contribution in [0, 0.1) is 6.92 Å². The second-order valence-electron chi connectivity index (χ2n) is 5.09. The number of rotatable bonds is 4. The zero-order valence-electron chi connectivity index (χ0n) is 12.3. The molecular weight excluding hydrogens is 338 g/mol. The van der Waals surface area contributed by atoms with E-state index in [0.717, 1.165) is 11.1 Å². The summed E-state index contributed by atoms with van der Waals surface area (Å²) >= 11 is 5.88. The van der Waals surface area contributed by atoms with E-state index < -0.39 is 10.0 Å². The van der Waals surface area contributed by atoms with Crippen molar-refractivity contribution in [1.82, 2.24) is 10.2 Å². The van der Waals surface area contributed by atoms with Gasteiger partial charge in [0.1, 0.15) is 0 Å². The van der Waals surface area contributed by atoms with Crippen LogP contribution in [0.15, 0.2) is 41.3 Å². The van der Waals surface area contributed by atoms with Crippen molar-refractivity contribution in [2.45, 2.75) is 11.8 Å². The maximum atomic E-state index is 12.5. The molecule has 1 aliphatic rings. The Balaban J connectivity index is 1.97. The van der Waals surface area contributed by atoms with Crippen molar-refractivity contribution in [2.75, 3.05) is 17.9 Å². The number of hydrogen-bond acceptors (Lipinski definition) is 5. The number of sulfonamides is 1. The van der Waals surface area contributed by atoms with Crippen molar-refractivity contribution < 1.29 is 13.2 Å². The summed E-state index contributed by atoms with van der Waals surface area (Å²) in [5.74, 6) is 0.131.